The zero-order valence-electron chi connectivity index (χ0n) is 10.1. The fraction of sp³-hybridized carbons (Fsp3) is 0. The molecule has 3 aromatic rings. The first-order valence-electron chi connectivity index (χ1n) is 5.77. The number of fused-ring (bicyclic) bond motifs is 1. The molecule has 4 nitrogen and oxygen atoms in total. The number of nitrogens with zero attached hydrogens (tertiary/aromatic N) is 1. The average Bonchev–Trinajstić information content (AvgIpc) is 2.78. The van der Waals surface area contributed by atoms with Crippen LogP contribution in [0.4, 0.5) is 15.8 Å². The minimum atomic E-state index is -1.04. The Kier molecular flexibility index (Phi) is 3.08. The number of halogens is 1. The average molecular weight is 288 g/mol. The van der Waals surface area contributed by atoms with Crippen LogP contribution in [0.5, 0.6) is 0 Å². The molecule has 0 aliphatic heterocycles. The van der Waals surface area contributed by atoms with E-state index in [1.165, 1.54) is 12.1 Å². The minimum Gasteiger partial charge on any atom is -0.477 e. The topological polar surface area (TPSA) is 62.2 Å². The molecule has 20 heavy (non-hydrogen) atoms. The molecule has 1 aromatic carbocycles. The maximum Gasteiger partial charge on any atom is 0.348 e. The highest BCUT2D eigenvalue weighted by Gasteiger charge is 2.18. The molecule has 0 saturated heterocycles. The Morgan fingerprint density at radius 3 is 2.70 bits per heavy atom. The zero-order valence-corrected chi connectivity index (χ0v) is 10.9. The van der Waals surface area contributed by atoms with Gasteiger partial charge in [-0.3, -0.25) is 4.98 Å². The Morgan fingerprint density at radius 2 is 2.00 bits per heavy atom. The predicted molar refractivity (Wildman–Crippen MR) is 76.3 cm³/mol. The summed E-state index contributed by atoms with van der Waals surface area (Å²) in [7, 11) is 0. The van der Waals surface area contributed by atoms with Gasteiger partial charge in [0.1, 0.15) is 10.7 Å². The van der Waals surface area contributed by atoms with Crippen molar-refractivity contribution < 1.29 is 14.3 Å². The molecule has 6 heteroatoms. The van der Waals surface area contributed by atoms with Crippen molar-refractivity contribution in [1.82, 2.24) is 4.98 Å². The molecule has 0 saturated carbocycles. The number of benzene rings is 1. The quantitative estimate of drug-likeness (QED) is 0.767. The van der Waals surface area contributed by atoms with Gasteiger partial charge in [0.25, 0.3) is 0 Å². The van der Waals surface area contributed by atoms with Gasteiger partial charge in [0.2, 0.25) is 0 Å². The SMILES string of the molecule is O=C(O)c1sc2cc(F)ccc2c1Nc1ccncc1. The highest BCUT2D eigenvalue weighted by molar-refractivity contribution is 7.21. The fourth-order valence-electron chi connectivity index (χ4n) is 1.92. The van der Waals surface area contributed by atoms with E-state index in [-0.39, 0.29) is 10.7 Å². The standard InChI is InChI=1S/C14H9FN2O2S/c15-8-1-2-10-11(7-8)20-13(14(18)19)12(10)17-9-3-5-16-6-4-9/h1-7H,(H,16,17)(H,18,19). The van der Waals surface area contributed by atoms with E-state index >= 15 is 0 Å². The summed E-state index contributed by atoms with van der Waals surface area (Å²) >= 11 is 1.05. The summed E-state index contributed by atoms with van der Waals surface area (Å²) in [5.41, 5.74) is 1.20. The van der Waals surface area contributed by atoms with E-state index in [1.807, 2.05) is 0 Å². The van der Waals surface area contributed by atoms with Crippen molar-refractivity contribution in [3.05, 3.63) is 53.4 Å². The van der Waals surface area contributed by atoms with Gasteiger partial charge in [0.05, 0.1) is 5.69 Å². The van der Waals surface area contributed by atoms with E-state index in [1.54, 1.807) is 30.6 Å². The lowest BCUT2D eigenvalue weighted by Crippen LogP contribution is -1.98. The smallest absolute Gasteiger partial charge is 0.348 e. The summed E-state index contributed by atoms with van der Waals surface area (Å²) in [5, 5.41) is 13.0. The Labute approximate surface area is 117 Å². The van der Waals surface area contributed by atoms with Gasteiger partial charge < -0.3 is 10.4 Å². The number of hydrogen-bond donors (Lipinski definition) is 2. The van der Waals surface area contributed by atoms with E-state index in [2.05, 4.69) is 10.3 Å². The number of hydrogen-bond acceptors (Lipinski definition) is 4. The second-order valence-electron chi connectivity index (χ2n) is 4.11. The summed E-state index contributed by atoms with van der Waals surface area (Å²) < 4.78 is 13.8. The van der Waals surface area contributed by atoms with E-state index in [0.717, 1.165) is 17.0 Å². The van der Waals surface area contributed by atoms with E-state index in [9.17, 15) is 14.3 Å². The summed E-state index contributed by atoms with van der Waals surface area (Å²) in [5.74, 6) is -1.42. The van der Waals surface area contributed by atoms with Crippen molar-refractivity contribution in [2.45, 2.75) is 0 Å². The van der Waals surface area contributed by atoms with E-state index in [4.69, 9.17) is 0 Å². The van der Waals surface area contributed by atoms with Crippen LogP contribution in [0.15, 0.2) is 42.7 Å². The van der Waals surface area contributed by atoms with Gasteiger partial charge in [-0.25, -0.2) is 9.18 Å². The van der Waals surface area contributed by atoms with Crippen LogP contribution in [0, 0.1) is 5.82 Å². The lowest BCUT2D eigenvalue weighted by molar-refractivity contribution is 0.0703. The summed E-state index contributed by atoms with van der Waals surface area (Å²) in [6, 6.07) is 7.71. The van der Waals surface area contributed by atoms with Crippen LogP contribution >= 0.6 is 11.3 Å². The van der Waals surface area contributed by atoms with Gasteiger partial charge in [-0.2, -0.15) is 0 Å². The van der Waals surface area contributed by atoms with Crippen LogP contribution < -0.4 is 5.32 Å². The molecular weight excluding hydrogens is 279 g/mol. The first kappa shape index (κ1) is 12.6. The second-order valence-corrected chi connectivity index (χ2v) is 5.16. The Morgan fingerprint density at radius 1 is 1.25 bits per heavy atom. The first-order valence-corrected chi connectivity index (χ1v) is 6.59. The van der Waals surface area contributed by atoms with E-state index < -0.39 is 5.97 Å². The molecule has 2 heterocycles. The van der Waals surface area contributed by atoms with Crippen molar-refractivity contribution in [2.75, 3.05) is 5.32 Å². The number of carboxylic acid groups (broad SMARTS) is 1. The molecule has 0 fully saturated rings. The van der Waals surface area contributed by atoms with Crippen molar-refractivity contribution >= 4 is 38.8 Å². The predicted octanol–water partition coefficient (Wildman–Crippen LogP) is 3.88. The van der Waals surface area contributed by atoms with Crippen LogP contribution in [0.3, 0.4) is 0 Å². The van der Waals surface area contributed by atoms with Gasteiger partial charge in [0.15, 0.2) is 0 Å². The van der Waals surface area contributed by atoms with Crippen molar-refractivity contribution in [2.24, 2.45) is 0 Å². The largest absolute Gasteiger partial charge is 0.477 e. The molecule has 0 amide bonds. The zero-order chi connectivity index (χ0) is 14.1. The normalized spacial score (nSPS) is 10.7. The third-order valence-corrected chi connectivity index (χ3v) is 3.94. The Bertz CT molecular complexity index is 786. The molecule has 0 aliphatic carbocycles. The van der Waals surface area contributed by atoms with Crippen molar-refractivity contribution in [3.8, 4) is 0 Å². The highest BCUT2D eigenvalue weighted by Crippen LogP contribution is 2.37. The fourth-order valence-corrected chi connectivity index (χ4v) is 2.95. The number of aromatic nitrogens is 1. The molecule has 2 N–H and O–H groups in total. The number of pyridine rings is 1. The monoisotopic (exact) mass is 288 g/mol. The number of rotatable bonds is 3. The van der Waals surface area contributed by atoms with Gasteiger partial charge >= 0.3 is 5.97 Å². The molecule has 0 spiro atoms. The first-order chi connectivity index (χ1) is 9.65. The van der Waals surface area contributed by atoms with Gasteiger partial charge in [-0.1, -0.05) is 0 Å². The molecule has 0 unspecified atom stereocenters. The Hall–Kier alpha value is -2.47. The van der Waals surface area contributed by atoms with Crippen LogP contribution in [-0.4, -0.2) is 16.1 Å². The summed E-state index contributed by atoms with van der Waals surface area (Å²) in [6.45, 7) is 0. The van der Waals surface area contributed by atoms with E-state index in [0.29, 0.717) is 15.8 Å². The molecular formula is C14H9FN2O2S. The molecule has 0 bridgehead atoms. The van der Waals surface area contributed by atoms with Crippen molar-refractivity contribution in [3.63, 3.8) is 0 Å². The lowest BCUT2D eigenvalue weighted by Gasteiger charge is -2.06. The number of anilines is 2. The van der Waals surface area contributed by atoms with Crippen LogP contribution in [-0.2, 0) is 0 Å². The van der Waals surface area contributed by atoms with Gasteiger partial charge in [-0.15, -0.1) is 11.3 Å². The van der Waals surface area contributed by atoms with Crippen molar-refractivity contribution in [1.29, 1.82) is 0 Å². The third kappa shape index (κ3) is 2.21. The number of aromatic carboxylic acids is 1. The number of carbonyl (C=O) groups is 1. The maximum absolute atomic E-state index is 13.2. The number of nitrogens with one attached hydrogen (secondary N) is 1. The molecule has 100 valence electrons. The summed E-state index contributed by atoms with van der Waals surface area (Å²) in [4.78, 5) is 15.4. The molecule has 3 rings (SSSR count). The minimum absolute atomic E-state index is 0.155. The van der Waals surface area contributed by atoms with Crippen LogP contribution in [0.2, 0.25) is 0 Å². The number of thiophene rings is 1. The highest BCUT2D eigenvalue weighted by atomic mass is 32.1. The molecule has 0 atom stereocenters. The maximum atomic E-state index is 13.2. The van der Waals surface area contributed by atoms with Gasteiger partial charge in [-0.05, 0) is 30.3 Å². The molecule has 2 aromatic heterocycles. The molecule has 0 aliphatic rings. The number of carboxylic acids is 1. The third-order valence-electron chi connectivity index (χ3n) is 2.80. The van der Waals surface area contributed by atoms with Crippen LogP contribution in [0.1, 0.15) is 9.67 Å². The Balaban J connectivity index is 2.16. The lowest BCUT2D eigenvalue weighted by atomic mass is 10.2. The van der Waals surface area contributed by atoms with Gasteiger partial charge in [0, 0.05) is 28.2 Å². The second kappa shape index (κ2) is 4.90. The summed E-state index contributed by atoms with van der Waals surface area (Å²) in [6.07, 6.45) is 3.22. The van der Waals surface area contributed by atoms with Crippen LogP contribution in [0.25, 0.3) is 10.1 Å². The molecule has 0 radical (unpaired) electrons.